The zero-order valence-corrected chi connectivity index (χ0v) is 10.9. The van der Waals surface area contributed by atoms with Crippen molar-refractivity contribution in [2.45, 2.75) is 18.9 Å². The van der Waals surface area contributed by atoms with Crippen LogP contribution in [0.1, 0.15) is 11.8 Å². The van der Waals surface area contributed by atoms with Crippen molar-refractivity contribution >= 4 is 17.2 Å². The minimum atomic E-state index is -0.789. The molecular weight excluding hydrogens is 234 g/mol. The Morgan fingerprint density at radius 1 is 1.59 bits per heavy atom. The summed E-state index contributed by atoms with van der Waals surface area (Å²) in [6, 6.07) is 4.02. The third-order valence-electron chi connectivity index (χ3n) is 3.01. The number of amides is 1. The third-order valence-corrected chi connectivity index (χ3v) is 3.89. The van der Waals surface area contributed by atoms with Gasteiger partial charge < -0.3 is 16.0 Å². The molecule has 0 spiro atoms. The molecule has 0 radical (unpaired) electrons. The summed E-state index contributed by atoms with van der Waals surface area (Å²) in [7, 11) is 0. The molecule has 1 fully saturated rings. The highest BCUT2D eigenvalue weighted by Gasteiger charge is 2.33. The van der Waals surface area contributed by atoms with Crippen molar-refractivity contribution in [3.05, 3.63) is 22.4 Å². The number of nitrogens with two attached hydrogens (primary N) is 1. The number of thiophene rings is 1. The van der Waals surface area contributed by atoms with Crippen LogP contribution in [0.15, 0.2) is 17.5 Å². The molecule has 3 N–H and O–H groups in total. The second-order valence-corrected chi connectivity index (χ2v) is 5.75. The first-order chi connectivity index (χ1) is 8.09. The standard InChI is InChI=1S/C12H19N3OS/c1-12(13,9-10-3-2-8-17-10)11(16)15-6-4-14-5-7-15/h2-3,8,14H,4-7,9,13H2,1H3. The minimum absolute atomic E-state index is 0.0624. The monoisotopic (exact) mass is 253 g/mol. The maximum atomic E-state index is 12.3. The summed E-state index contributed by atoms with van der Waals surface area (Å²) in [5, 5.41) is 5.25. The first kappa shape index (κ1) is 12.5. The lowest BCUT2D eigenvalue weighted by Crippen LogP contribution is -2.58. The lowest BCUT2D eigenvalue weighted by Gasteiger charge is -2.34. The molecular formula is C12H19N3OS. The summed E-state index contributed by atoms with van der Waals surface area (Å²) in [4.78, 5) is 15.4. The first-order valence-electron chi connectivity index (χ1n) is 5.91. The van der Waals surface area contributed by atoms with Gasteiger partial charge in [0.15, 0.2) is 0 Å². The fourth-order valence-electron chi connectivity index (χ4n) is 2.08. The van der Waals surface area contributed by atoms with Gasteiger partial charge in [-0.05, 0) is 18.4 Å². The Morgan fingerprint density at radius 2 is 2.29 bits per heavy atom. The molecule has 1 saturated heterocycles. The third kappa shape index (κ3) is 3.06. The summed E-state index contributed by atoms with van der Waals surface area (Å²) >= 11 is 1.65. The molecule has 2 heterocycles. The van der Waals surface area contributed by atoms with Crippen molar-refractivity contribution in [3.8, 4) is 0 Å². The van der Waals surface area contributed by atoms with Crippen LogP contribution in [-0.4, -0.2) is 42.5 Å². The Morgan fingerprint density at radius 3 is 2.88 bits per heavy atom. The number of rotatable bonds is 3. The van der Waals surface area contributed by atoms with Gasteiger partial charge in [-0.1, -0.05) is 6.07 Å². The van der Waals surface area contributed by atoms with E-state index in [1.807, 2.05) is 29.3 Å². The molecule has 1 aromatic rings. The summed E-state index contributed by atoms with van der Waals surface area (Å²) < 4.78 is 0. The van der Waals surface area contributed by atoms with Crippen LogP contribution in [0.4, 0.5) is 0 Å². The van der Waals surface area contributed by atoms with E-state index < -0.39 is 5.54 Å². The maximum Gasteiger partial charge on any atom is 0.242 e. The molecule has 0 aromatic carbocycles. The molecule has 1 unspecified atom stereocenters. The van der Waals surface area contributed by atoms with Gasteiger partial charge in [-0.25, -0.2) is 0 Å². The molecule has 1 atom stereocenters. The molecule has 2 rings (SSSR count). The average molecular weight is 253 g/mol. The second-order valence-electron chi connectivity index (χ2n) is 4.72. The van der Waals surface area contributed by atoms with Crippen LogP contribution >= 0.6 is 11.3 Å². The lowest BCUT2D eigenvalue weighted by atomic mass is 9.96. The Labute approximate surface area is 106 Å². The molecule has 94 valence electrons. The Bertz CT molecular complexity index is 369. The van der Waals surface area contributed by atoms with Crippen molar-refractivity contribution in [2.75, 3.05) is 26.2 Å². The average Bonchev–Trinajstić information content (AvgIpc) is 2.81. The van der Waals surface area contributed by atoms with Crippen LogP contribution in [0.3, 0.4) is 0 Å². The Balaban J connectivity index is 2.00. The van der Waals surface area contributed by atoms with E-state index >= 15 is 0 Å². The van der Waals surface area contributed by atoms with Crippen LogP contribution in [0.25, 0.3) is 0 Å². The molecule has 5 heteroatoms. The minimum Gasteiger partial charge on any atom is -0.339 e. The lowest BCUT2D eigenvalue weighted by molar-refractivity contribution is -0.136. The molecule has 0 aliphatic carbocycles. The predicted molar refractivity (Wildman–Crippen MR) is 70.1 cm³/mol. The highest BCUT2D eigenvalue weighted by Crippen LogP contribution is 2.18. The fraction of sp³-hybridized carbons (Fsp3) is 0.583. The smallest absolute Gasteiger partial charge is 0.242 e. The topological polar surface area (TPSA) is 58.4 Å². The summed E-state index contributed by atoms with van der Waals surface area (Å²) in [5.41, 5.74) is 5.39. The van der Waals surface area contributed by atoms with Crippen molar-refractivity contribution < 1.29 is 4.79 Å². The number of carbonyl (C=O) groups excluding carboxylic acids is 1. The van der Waals surface area contributed by atoms with E-state index in [1.54, 1.807) is 11.3 Å². The van der Waals surface area contributed by atoms with E-state index in [4.69, 9.17) is 5.73 Å². The summed E-state index contributed by atoms with van der Waals surface area (Å²) in [6.45, 7) is 5.07. The number of piperazine rings is 1. The van der Waals surface area contributed by atoms with E-state index in [9.17, 15) is 4.79 Å². The molecule has 0 bridgehead atoms. The van der Waals surface area contributed by atoms with Crippen LogP contribution < -0.4 is 11.1 Å². The Kier molecular flexibility index (Phi) is 3.81. The molecule has 17 heavy (non-hydrogen) atoms. The van der Waals surface area contributed by atoms with Gasteiger partial charge in [0.2, 0.25) is 5.91 Å². The van der Waals surface area contributed by atoms with Gasteiger partial charge in [-0.15, -0.1) is 11.3 Å². The normalized spacial score (nSPS) is 20.0. The molecule has 1 amide bonds. The van der Waals surface area contributed by atoms with E-state index in [0.717, 1.165) is 26.2 Å². The van der Waals surface area contributed by atoms with Crippen LogP contribution in [0.5, 0.6) is 0 Å². The molecule has 1 aliphatic rings. The quantitative estimate of drug-likeness (QED) is 0.822. The van der Waals surface area contributed by atoms with Gasteiger partial charge in [0, 0.05) is 37.5 Å². The maximum absolute atomic E-state index is 12.3. The zero-order chi connectivity index (χ0) is 12.3. The fourth-order valence-corrected chi connectivity index (χ4v) is 2.95. The SMILES string of the molecule is CC(N)(Cc1cccs1)C(=O)N1CCNCC1. The van der Waals surface area contributed by atoms with Gasteiger partial charge in [0.1, 0.15) is 0 Å². The van der Waals surface area contributed by atoms with Gasteiger partial charge in [-0.2, -0.15) is 0 Å². The molecule has 1 aromatic heterocycles. The van der Waals surface area contributed by atoms with E-state index in [0.29, 0.717) is 6.42 Å². The Hall–Kier alpha value is -0.910. The number of nitrogens with zero attached hydrogens (tertiary/aromatic N) is 1. The van der Waals surface area contributed by atoms with Crippen molar-refractivity contribution in [2.24, 2.45) is 5.73 Å². The van der Waals surface area contributed by atoms with E-state index in [2.05, 4.69) is 5.32 Å². The van der Waals surface area contributed by atoms with Gasteiger partial charge in [0.25, 0.3) is 0 Å². The molecule has 1 aliphatic heterocycles. The highest BCUT2D eigenvalue weighted by molar-refractivity contribution is 7.09. The van der Waals surface area contributed by atoms with Crippen molar-refractivity contribution in [1.29, 1.82) is 0 Å². The number of hydrogen-bond acceptors (Lipinski definition) is 4. The molecule has 4 nitrogen and oxygen atoms in total. The van der Waals surface area contributed by atoms with E-state index in [-0.39, 0.29) is 5.91 Å². The van der Waals surface area contributed by atoms with Gasteiger partial charge >= 0.3 is 0 Å². The molecule has 0 saturated carbocycles. The second kappa shape index (κ2) is 5.16. The van der Waals surface area contributed by atoms with Crippen molar-refractivity contribution in [1.82, 2.24) is 10.2 Å². The largest absolute Gasteiger partial charge is 0.339 e. The zero-order valence-electron chi connectivity index (χ0n) is 10.1. The summed E-state index contributed by atoms with van der Waals surface area (Å²) in [5.74, 6) is 0.0624. The summed E-state index contributed by atoms with van der Waals surface area (Å²) in [6.07, 6.45) is 0.618. The van der Waals surface area contributed by atoms with E-state index in [1.165, 1.54) is 4.88 Å². The van der Waals surface area contributed by atoms with Gasteiger partial charge in [0.05, 0.1) is 5.54 Å². The van der Waals surface area contributed by atoms with Crippen LogP contribution in [-0.2, 0) is 11.2 Å². The number of nitrogens with one attached hydrogen (secondary N) is 1. The number of carbonyl (C=O) groups is 1. The first-order valence-corrected chi connectivity index (χ1v) is 6.79. The van der Waals surface area contributed by atoms with Crippen molar-refractivity contribution in [3.63, 3.8) is 0 Å². The number of hydrogen-bond donors (Lipinski definition) is 2. The predicted octanol–water partition coefficient (Wildman–Crippen LogP) is 0.440. The van der Waals surface area contributed by atoms with Gasteiger partial charge in [-0.3, -0.25) is 4.79 Å². The highest BCUT2D eigenvalue weighted by atomic mass is 32.1. The van der Waals surface area contributed by atoms with Crippen LogP contribution in [0, 0.1) is 0 Å². The van der Waals surface area contributed by atoms with Crippen LogP contribution in [0.2, 0.25) is 0 Å².